The van der Waals surface area contributed by atoms with E-state index >= 15 is 0 Å². The molecular weight excluding hydrogens is 168 g/mol. The predicted molar refractivity (Wildman–Crippen MR) is 51.5 cm³/mol. The van der Waals surface area contributed by atoms with E-state index in [9.17, 15) is 4.79 Å². The highest BCUT2D eigenvalue weighted by Gasteiger charge is 2.07. The molecule has 0 bridgehead atoms. The fraction of sp³-hybridized carbons (Fsp3) is 0.900. The number of esters is 1. The third-order valence-corrected chi connectivity index (χ3v) is 2.07. The minimum absolute atomic E-state index is 0.166. The Bertz CT molecular complexity index is 143. The number of rotatable bonds is 6. The summed E-state index contributed by atoms with van der Waals surface area (Å²) < 4.78 is 10.0. The molecule has 0 amide bonds. The van der Waals surface area contributed by atoms with Crippen molar-refractivity contribution in [2.45, 2.75) is 39.7 Å². The first kappa shape index (κ1) is 12.4. The highest BCUT2D eigenvalue weighted by atomic mass is 16.5. The molecule has 0 N–H and O–H groups in total. The maximum absolute atomic E-state index is 10.7. The monoisotopic (exact) mass is 188 g/mol. The second kappa shape index (κ2) is 6.89. The Morgan fingerprint density at radius 2 is 1.92 bits per heavy atom. The number of hydrogen-bond acceptors (Lipinski definition) is 3. The lowest BCUT2D eigenvalue weighted by Gasteiger charge is -2.15. The van der Waals surface area contributed by atoms with Gasteiger partial charge >= 0.3 is 5.97 Å². The van der Waals surface area contributed by atoms with Crippen molar-refractivity contribution in [1.82, 2.24) is 0 Å². The Morgan fingerprint density at radius 1 is 1.31 bits per heavy atom. The fourth-order valence-corrected chi connectivity index (χ4v) is 0.780. The van der Waals surface area contributed by atoms with Gasteiger partial charge in [-0.05, 0) is 19.3 Å². The lowest BCUT2D eigenvalue weighted by atomic mass is 10.1. The molecular formula is C10H20O3. The Balaban J connectivity index is 3.30. The zero-order chi connectivity index (χ0) is 10.3. The van der Waals surface area contributed by atoms with Crippen molar-refractivity contribution in [1.29, 1.82) is 0 Å². The molecule has 13 heavy (non-hydrogen) atoms. The number of carbonyl (C=O) groups excluding carboxylic acids is 1. The first-order valence-electron chi connectivity index (χ1n) is 4.76. The summed E-state index contributed by atoms with van der Waals surface area (Å²) >= 11 is 0. The molecule has 3 nitrogen and oxygen atoms in total. The van der Waals surface area contributed by atoms with Gasteiger partial charge in [0, 0.05) is 13.0 Å². The van der Waals surface area contributed by atoms with Crippen LogP contribution in [0.25, 0.3) is 0 Å². The standard InChI is InChI=1S/C10H20O3/c1-8(2)9(3)13-7-5-6-10(11)12-4/h8-9H,5-7H2,1-4H3. The largest absolute Gasteiger partial charge is 0.469 e. The maximum atomic E-state index is 10.7. The number of hydrogen-bond donors (Lipinski definition) is 0. The summed E-state index contributed by atoms with van der Waals surface area (Å²) in [6, 6.07) is 0. The van der Waals surface area contributed by atoms with Crippen LogP contribution in [0, 0.1) is 5.92 Å². The maximum Gasteiger partial charge on any atom is 0.305 e. The van der Waals surface area contributed by atoms with Crippen LogP contribution in [0.5, 0.6) is 0 Å². The van der Waals surface area contributed by atoms with Crippen molar-refractivity contribution in [2.75, 3.05) is 13.7 Å². The van der Waals surface area contributed by atoms with E-state index in [0.29, 0.717) is 18.9 Å². The number of methoxy groups -OCH3 is 1. The van der Waals surface area contributed by atoms with Crippen LogP contribution in [0.1, 0.15) is 33.6 Å². The van der Waals surface area contributed by atoms with Crippen LogP contribution in [0.15, 0.2) is 0 Å². The van der Waals surface area contributed by atoms with E-state index in [1.165, 1.54) is 7.11 Å². The third-order valence-electron chi connectivity index (χ3n) is 2.07. The second-order valence-electron chi connectivity index (χ2n) is 3.50. The van der Waals surface area contributed by atoms with Crippen LogP contribution in [0.3, 0.4) is 0 Å². The summed E-state index contributed by atoms with van der Waals surface area (Å²) in [6.07, 6.45) is 1.45. The van der Waals surface area contributed by atoms with Crippen molar-refractivity contribution < 1.29 is 14.3 Å². The smallest absolute Gasteiger partial charge is 0.305 e. The quantitative estimate of drug-likeness (QED) is 0.472. The minimum Gasteiger partial charge on any atom is -0.469 e. The molecule has 0 aromatic rings. The van der Waals surface area contributed by atoms with Crippen LogP contribution in [-0.2, 0) is 14.3 Å². The van der Waals surface area contributed by atoms with E-state index in [0.717, 1.165) is 6.42 Å². The molecule has 0 rings (SSSR count). The second-order valence-corrected chi connectivity index (χ2v) is 3.50. The van der Waals surface area contributed by atoms with Crippen LogP contribution in [0.4, 0.5) is 0 Å². The van der Waals surface area contributed by atoms with Gasteiger partial charge in [-0.2, -0.15) is 0 Å². The van der Waals surface area contributed by atoms with Crippen molar-refractivity contribution in [3.8, 4) is 0 Å². The Hall–Kier alpha value is -0.570. The number of ether oxygens (including phenoxy) is 2. The molecule has 78 valence electrons. The van der Waals surface area contributed by atoms with Crippen molar-refractivity contribution >= 4 is 5.97 Å². The normalized spacial score (nSPS) is 13.0. The van der Waals surface area contributed by atoms with Crippen LogP contribution in [0.2, 0.25) is 0 Å². The molecule has 0 saturated carbocycles. The third kappa shape index (κ3) is 6.58. The van der Waals surface area contributed by atoms with Crippen LogP contribution >= 0.6 is 0 Å². The van der Waals surface area contributed by atoms with E-state index in [1.807, 2.05) is 6.92 Å². The van der Waals surface area contributed by atoms with E-state index in [1.54, 1.807) is 0 Å². The fourth-order valence-electron chi connectivity index (χ4n) is 0.780. The van der Waals surface area contributed by atoms with E-state index < -0.39 is 0 Å². The zero-order valence-electron chi connectivity index (χ0n) is 9.00. The summed E-state index contributed by atoms with van der Waals surface area (Å²) in [7, 11) is 1.40. The Labute approximate surface area is 80.4 Å². The highest BCUT2D eigenvalue weighted by Crippen LogP contribution is 2.06. The molecule has 3 heteroatoms. The SMILES string of the molecule is COC(=O)CCCOC(C)C(C)C. The van der Waals surface area contributed by atoms with Crippen molar-refractivity contribution in [2.24, 2.45) is 5.92 Å². The Morgan fingerprint density at radius 3 is 2.38 bits per heavy atom. The predicted octanol–water partition coefficient (Wildman–Crippen LogP) is 2.00. The molecule has 0 aromatic heterocycles. The van der Waals surface area contributed by atoms with E-state index in [2.05, 4.69) is 18.6 Å². The summed E-state index contributed by atoms with van der Waals surface area (Å²) in [5.41, 5.74) is 0. The van der Waals surface area contributed by atoms with Gasteiger partial charge in [-0.1, -0.05) is 13.8 Å². The van der Waals surface area contributed by atoms with Crippen molar-refractivity contribution in [3.05, 3.63) is 0 Å². The molecule has 1 unspecified atom stereocenters. The molecule has 0 spiro atoms. The molecule has 0 aliphatic carbocycles. The van der Waals surface area contributed by atoms with Gasteiger partial charge in [-0.3, -0.25) is 4.79 Å². The van der Waals surface area contributed by atoms with Gasteiger partial charge in [0.05, 0.1) is 13.2 Å². The molecule has 0 radical (unpaired) electrons. The van der Waals surface area contributed by atoms with Crippen molar-refractivity contribution in [3.63, 3.8) is 0 Å². The highest BCUT2D eigenvalue weighted by molar-refractivity contribution is 5.68. The summed E-state index contributed by atoms with van der Waals surface area (Å²) in [4.78, 5) is 10.7. The summed E-state index contributed by atoms with van der Waals surface area (Å²) in [5, 5.41) is 0. The average Bonchev–Trinajstić information content (AvgIpc) is 2.11. The van der Waals surface area contributed by atoms with Crippen LogP contribution in [-0.4, -0.2) is 25.8 Å². The van der Waals surface area contributed by atoms with Gasteiger partial charge in [0.1, 0.15) is 0 Å². The average molecular weight is 188 g/mol. The first-order chi connectivity index (χ1) is 6.07. The minimum atomic E-state index is -0.166. The molecule has 0 heterocycles. The molecule has 1 atom stereocenters. The summed E-state index contributed by atoms with van der Waals surface area (Å²) in [5.74, 6) is 0.360. The topological polar surface area (TPSA) is 35.5 Å². The van der Waals surface area contributed by atoms with E-state index in [-0.39, 0.29) is 12.1 Å². The van der Waals surface area contributed by atoms with Gasteiger partial charge in [0.15, 0.2) is 0 Å². The summed E-state index contributed by atoms with van der Waals surface area (Å²) in [6.45, 7) is 6.91. The molecule has 0 saturated heterocycles. The molecule has 0 aromatic carbocycles. The number of carbonyl (C=O) groups is 1. The molecule has 0 aliphatic heterocycles. The zero-order valence-corrected chi connectivity index (χ0v) is 9.00. The Kier molecular flexibility index (Phi) is 6.59. The van der Waals surface area contributed by atoms with Gasteiger partial charge in [-0.25, -0.2) is 0 Å². The lowest BCUT2D eigenvalue weighted by molar-refractivity contribution is -0.141. The van der Waals surface area contributed by atoms with Gasteiger partial charge in [0.2, 0.25) is 0 Å². The van der Waals surface area contributed by atoms with Crippen LogP contribution < -0.4 is 0 Å². The first-order valence-corrected chi connectivity index (χ1v) is 4.76. The van der Waals surface area contributed by atoms with Gasteiger partial charge in [-0.15, -0.1) is 0 Å². The van der Waals surface area contributed by atoms with E-state index in [4.69, 9.17) is 4.74 Å². The van der Waals surface area contributed by atoms with Gasteiger partial charge in [0.25, 0.3) is 0 Å². The molecule has 0 aliphatic rings. The van der Waals surface area contributed by atoms with Gasteiger partial charge < -0.3 is 9.47 Å². The molecule has 0 fully saturated rings. The lowest BCUT2D eigenvalue weighted by Crippen LogP contribution is -2.16.